The molecule has 0 atom stereocenters. The van der Waals surface area contributed by atoms with Crippen LogP contribution in [0.3, 0.4) is 0 Å². The molecular formula is C15H30N2O2S. The molecule has 2 rings (SSSR count). The summed E-state index contributed by atoms with van der Waals surface area (Å²) in [4.78, 5) is 2.39. The van der Waals surface area contributed by atoms with Gasteiger partial charge in [-0.1, -0.05) is 26.2 Å². The quantitative estimate of drug-likeness (QED) is 0.758. The SMILES string of the molecule is CCCNCC1(CN2CCS(=O)(=O)CC2)CCCCC1. The van der Waals surface area contributed by atoms with Crippen LogP contribution in [0.25, 0.3) is 0 Å². The first kappa shape index (κ1) is 16.2. The summed E-state index contributed by atoms with van der Waals surface area (Å²) < 4.78 is 23.1. The van der Waals surface area contributed by atoms with Gasteiger partial charge < -0.3 is 10.2 Å². The van der Waals surface area contributed by atoms with E-state index in [1.54, 1.807) is 0 Å². The Kier molecular flexibility index (Phi) is 5.87. The van der Waals surface area contributed by atoms with Crippen LogP contribution in [0.4, 0.5) is 0 Å². The van der Waals surface area contributed by atoms with Crippen LogP contribution in [0, 0.1) is 5.41 Å². The Hall–Kier alpha value is -0.130. The standard InChI is InChI=1S/C15H30N2O2S/c1-2-8-16-13-15(6-4-3-5-7-15)14-17-9-11-20(18,19)12-10-17/h16H,2-14H2,1H3. The summed E-state index contributed by atoms with van der Waals surface area (Å²) >= 11 is 0. The second-order valence-corrected chi connectivity index (χ2v) is 8.97. The zero-order valence-electron chi connectivity index (χ0n) is 12.9. The zero-order chi connectivity index (χ0) is 14.5. The van der Waals surface area contributed by atoms with E-state index in [0.29, 0.717) is 16.9 Å². The molecule has 118 valence electrons. The third-order valence-corrected chi connectivity index (χ3v) is 6.45. The molecule has 0 radical (unpaired) electrons. The molecule has 20 heavy (non-hydrogen) atoms. The molecule has 0 aromatic carbocycles. The van der Waals surface area contributed by atoms with E-state index in [-0.39, 0.29) is 0 Å². The highest BCUT2D eigenvalue weighted by molar-refractivity contribution is 7.91. The van der Waals surface area contributed by atoms with E-state index < -0.39 is 9.84 Å². The minimum atomic E-state index is -2.75. The Morgan fingerprint density at radius 3 is 2.35 bits per heavy atom. The van der Waals surface area contributed by atoms with Crippen molar-refractivity contribution in [3.05, 3.63) is 0 Å². The molecule has 0 unspecified atom stereocenters. The fraction of sp³-hybridized carbons (Fsp3) is 1.00. The normalized spacial score (nSPS) is 26.4. The lowest BCUT2D eigenvalue weighted by atomic mass is 9.73. The van der Waals surface area contributed by atoms with Gasteiger partial charge in [-0.25, -0.2) is 8.42 Å². The molecule has 0 bridgehead atoms. The van der Waals surface area contributed by atoms with Crippen molar-refractivity contribution < 1.29 is 8.42 Å². The van der Waals surface area contributed by atoms with Crippen LogP contribution in [0.5, 0.6) is 0 Å². The van der Waals surface area contributed by atoms with Gasteiger partial charge in [0.1, 0.15) is 0 Å². The molecule has 0 spiro atoms. The summed E-state index contributed by atoms with van der Waals surface area (Å²) in [6.07, 6.45) is 7.81. The van der Waals surface area contributed by atoms with Crippen molar-refractivity contribution in [1.29, 1.82) is 0 Å². The summed E-state index contributed by atoms with van der Waals surface area (Å²) in [6, 6.07) is 0. The molecule has 1 N–H and O–H groups in total. The molecule has 1 heterocycles. The number of sulfone groups is 1. The van der Waals surface area contributed by atoms with Gasteiger partial charge in [0.25, 0.3) is 0 Å². The first-order chi connectivity index (χ1) is 9.55. The van der Waals surface area contributed by atoms with Gasteiger partial charge >= 0.3 is 0 Å². The van der Waals surface area contributed by atoms with E-state index in [0.717, 1.165) is 32.7 Å². The lowest BCUT2D eigenvalue weighted by Gasteiger charge is -2.42. The molecule has 2 aliphatic rings. The smallest absolute Gasteiger partial charge is 0.152 e. The second-order valence-electron chi connectivity index (χ2n) is 6.67. The number of nitrogens with one attached hydrogen (secondary N) is 1. The molecule has 5 heteroatoms. The topological polar surface area (TPSA) is 49.4 Å². The Balaban J connectivity index is 1.90. The monoisotopic (exact) mass is 302 g/mol. The van der Waals surface area contributed by atoms with Gasteiger partial charge in [0, 0.05) is 26.2 Å². The van der Waals surface area contributed by atoms with Gasteiger partial charge in [-0.05, 0) is 31.2 Å². The van der Waals surface area contributed by atoms with E-state index in [1.807, 2.05) is 0 Å². The van der Waals surface area contributed by atoms with Crippen LogP contribution < -0.4 is 5.32 Å². The van der Waals surface area contributed by atoms with Gasteiger partial charge in [0.2, 0.25) is 0 Å². The maximum atomic E-state index is 11.5. The highest BCUT2D eigenvalue weighted by Gasteiger charge is 2.35. The van der Waals surface area contributed by atoms with Crippen LogP contribution in [0.2, 0.25) is 0 Å². The average Bonchev–Trinajstić information content (AvgIpc) is 2.43. The largest absolute Gasteiger partial charge is 0.316 e. The fourth-order valence-corrected chi connectivity index (χ4v) is 4.88. The van der Waals surface area contributed by atoms with Crippen LogP contribution >= 0.6 is 0 Å². The first-order valence-electron chi connectivity index (χ1n) is 8.19. The van der Waals surface area contributed by atoms with Crippen LogP contribution in [-0.4, -0.2) is 57.5 Å². The first-order valence-corrected chi connectivity index (χ1v) is 10.0. The molecule has 1 aliphatic carbocycles. The van der Waals surface area contributed by atoms with Crippen molar-refractivity contribution >= 4 is 9.84 Å². The molecule has 1 saturated heterocycles. The van der Waals surface area contributed by atoms with Gasteiger partial charge in [-0.3, -0.25) is 0 Å². The molecule has 1 aliphatic heterocycles. The van der Waals surface area contributed by atoms with Crippen molar-refractivity contribution in [3.8, 4) is 0 Å². The van der Waals surface area contributed by atoms with Gasteiger partial charge in [0.05, 0.1) is 11.5 Å². The summed E-state index contributed by atoms with van der Waals surface area (Å²) in [7, 11) is -2.75. The Morgan fingerprint density at radius 2 is 1.75 bits per heavy atom. The summed E-state index contributed by atoms with van der Waals surface area (Å²) in [6.45, 7) is 6.95. The van der Waals surface area contributed by atoms with E-state index in [2.05, 4.69) is 17.1 Å². The fourth-order valence-electron chi connectivity index (χ4n) is 3.61. The molecule has 0 aromatic heterocycles. The van der Waals surface area contributed by atoms with Crippen molar-refractivity contribution in [2.75, 3.05) is 44.2 Å². The highest BCUT2D eigenvalue weighted by atomic mass is 32.2. The summed E-state index contributed by atoms with van der Waals surface area (Å²) in [5.74, 6) is 0.705. The maximum absolute atomic E-state index is 11.5. The summed E-state index contributed by atoms with van der Waals surface area (Å²) in [5, 5.41) is 3.61. The number of rotatable bonds is 6. The minimum Gasteiger partial charge on any atom is -0.316 e. The van der Waals surface area contributed by atoms with Gasteiger partial charge in [-0.15, -0.1) is 0 Å². The van der Waals surface area contributed by atoms with E-state index in [1.165, 1.54) is 38.5 Å². The Bertz CT molecular complexity index is 375. The summed E-state index contributed by atoms with van der Waals surface area (Å²) in [5.41, 5.74) is 0.383. The molecular weight excluding hydrogens is 272 g/mol. The lowest BCUT2D eigenvalue weighted by molar-refractivity contribution is 0.107. The third kappa shape index (κ3) is 4.71. The van der Waals surface area contributed by atoms with Crippen LogP contribution in [-0.2, 0) is 9.84 Å². The number of nitrogens with zero attached hydrogens (tertiary/aromatic N) is 1. The second kappa shape index (κ2) is 7.23. The molecule has 0 amide bonds. The lowest BCUT2D eigenvalue weighted by Crippen LogP contribution is -2.49. The zero-order valence-corrected chi connectivity index (χ0v) is 13.7. The van der Waals surface area contributed by atoms with Crippen LogP contribution in [0.15, 0.2) is 0 Å². The Labute approximate surface area is 124 Å². The van der Waals surface area contributed by atoms with Gasteiger partial charge in [-0.2, -0.15) is 0 Å². The highest BCUT2D eigenvalue weighted by Crippen LogP contribution is 2.36. The molecule has 1 saturated carbocycles. The number of hydrogen-bond acceptors (Lipinski definition) is 4. The maximum Gasteiger partial charge on any atom is 0.152 e. The predicted octanol–water partition coefficient (Wildman–Crippen LogP) is 1.67. The van der Waals surface area contributed by atoms with E-state index in [9.17, 15) is 8.42 Å². The predicted molar refractivity (Wildman–Crippen MR) is 83.8 cm³/mol. The average molecular weight is 302 g/mol. The van der Waals surface area contributed by atoms with E-state index >= 15 is 0 Å². The molecule has 0 aromatic rings. The van der Waals surface area contributed by atoms with E-state index in [4.69, 9.17) is 0 Å². The van der Waals surface area contributed by atoms with Crippen LogP contribution in [0.1, 0.15) is 45.4 Å². The molecule has 4 nitrogen and oxygen atoms in total. The van der Waals surface area contributed by atoms with Crippen molar-refractivity contribution in [3.63, 3.8) is 0 Å². The van der Waals surface area contributed by atoms with Crippen molar-refractivity contribution in [2.24, 2.45) is 5.41 Å². The van der Waals surface area contributed by atoms with Crippen molar-refractivity contribution in [1.82, 2.24) is 10.2 Å². The molecule has 2 fully saturated rings. The van der Waals surface area contributed by atoms with Gasteiger partial charge in [0.15, 0.2) is 9.84 Å². The minimum absolute atomic E-state index is 0.353. The Morgan fingerprint density at radius 1 is 1.10 bits per heavy atom. The third-order valence-electron chi connectivity index (χ3n) is 4.84. The number of hydrogen-bond donors (Lipinski definition) is 1. The van der Waals surface area contributed by atoms with Crippen molar-refractivity contribution in [2.45, 2.75) is 45.4 Å².